The summed E-state index contributed by atoms with van der Waals surface area (Å²) in [6.45, 7) is 3.19. The number of carbonyl (C=O) groups excluding carboxylic acids is 1. The van der Waals surface area contributed by atoms with Crippen LogP contribution in [0, 0.1) is 11.6 Å². The molecule has 0 saturated heterocycles. The van der Waals surface area contributed by atoms with Crippen molar-refractivity contribution in [3.63, 3.8) is 0 Å². The second-order valence-electron chi connectivity index (χ2n) is 8.83. The summed E-state index contributed by atoms with van der Waals surface area (Å²) in [6.07, 6.45) is 4.14. The Kier molecular flexibility index (Phi) is 7.58. The Bertz CT molecular complexity index is 1470. The van der Waals surface area contributed by atoms with E-state index in [4.69, 9.17) is 18.9 Å². The lowest BCUT2D eigenvalue weighted by molar-refractivity contribution is 0.0276. The summed E-state index contributed by atoms with van der Waals surface area (Å²) in [6, 6.07) is 7.94. The number of amides is 1. The van der Waals surface area contributed by atoms with E-state index in [2.05, 4.69) is 15.3 Å². The number of pyridine rings is 2. The van der Waals surface area contributed by atoms with Gasteiger partial charge in [0, 0.05) is 47.9 Å². The van der Waals surface area contributed by atoms with Gasteiger partial charge in [0.25, 0.3) is 5.91 Å². The highest BCUT2D eigenvalue weighted by Crippen LogP contribution is 2.39. The van der Waals surface area contributed by atoms with Crippen molar-refractivity contribution < 1.29 is 37.6 Å². The van der Waals surface area contributed by atoms with Crippen molar-refractivity contribution in [3.05, 3.63) is 72.2 Å². The lowest BCUT2D eigenvalue weighted by Crippen LogP contribution is -2.27. The van der Waals surface area contributed by atoms with Crippen LogP contribution < -0.4 is 24.3 Å². The third-order valence-electron chi connectivity index (χ3n) is 5.28. The third kappa shape index (κ3) is 5.89. The van der Waals surface area contributed by atoms with E-state index in [1.54, 1.807) is 26.0 Å². The number of hydrogen-bond donors (Lipinski definition) is 2. The molecule has 0 bridgehead atoms. The molecule has 0 aliphatic heterocycles. The van der Waals surface area contributed by atoms with Crippen molar-refractivity contribution in [1.82, 2.24) is 9.97 Å². The molecule has 0 unspecified atom stereocenters. The summed E-state index contributed by atoms with van der Waals surface area (Å²) in [7, 11) is 2.82. The van der Waals surface area contributed by atoms with E-state index in [1.165, 1.54) is 44.9 Å². The molecule has 1 amide bonds. The highest BCUT2D eigenvalue weighted by Gasteiger charge is 2.20. The van der Waals surface area contributed by atoms with Crippen LogP contribution in [0.3, 0.4) is 0 Å². The predicted molar refractivity (Wildman–Crippen MR) is 135 cm³/mol. The molecular formula is C27H25F2N3O6. The molecular weight excluding hydrogens is 500 g/mol. The van der Waals surface area contributed by atoms with Gasteiger partial charge < -0.3 is 29.4 Å². The van der Waals surface area contributed by atoms with Gasteiger partial charge in [-0.15, -0.1) is 0 Å². The Morgan fingerprint density at radius 3 is 2.32 bits per heavy atom. The molecule has 198 valence electrons. The van der Waals surface area contributed by atoms with Crippen molar-refractivity contribution >= 4 is 22.5 Å². The zero-order valence-corrected chi connectivity index (χ0v) is 21.0. The topological polar surface area (TPSA) is 112 Å². The number of fused-ring (bicyclic) bond motifs is 1. The van der Waals surface area contributed by atoms with Gasteiger partial charge in [-0.2, -0.15) is 0 Å². The van der Waals surface area contributed by atoms with Crippen LogP contribution in [-0.2, 0) is 0 Å². The molecule has 4 aromatic rings. The number of anilines is 1. The average molecular weight is 526 g/mol. The summed E-state index contributed by atoms with van der Waals surface area (Å²) in [5.74, 6) is -2.41. The minimum atomic E-state index is -1.08. The molecule has 38 heavy (non-hydrogen) atoms. The van der Waals surface area contributed by atoms with Gasteiger partial charge in [-0.05, 0) is 32.0 Å². The van der Waals surface area contributed by atoms with Gasteiger partial charge in [0.2, 0.25) is 0 Å². The summed E-state index contributed by atoms with van der Waals surface area (Å²) in [5.41, 5.74) is -0.704. The van der Waals surface area contributed by atoms with Crippen LogP contribution in [-0.4, -0.2) is 47.4 Å². The number of ether oxygens (including phenoxy) is 4. The summed E-state index contributed by atoms with van der Waals surface area (Å²) < 4.78 is 51.8. The van der Waals surface area contributed by atoms with Crippen LogP contribution in [0.4, 0.5) is 14.5 Å². The zero-order valence-electron chi connectivity index (χ0n) is 21.0. The first-order valence-electron chi connectivity index (χ1n) is 11.4. The summed E-state index contributed by atoms with van der Waals surface area (Å²) in [4.78, 5) is 20.7. The molecule has 11 heteroatoms. The number of hydrogen-bond acceptors (Lipinski definition) is 8. The first kappa shape index (κ1) is 26.6. The molecule has 2 heterocycles. The summed E-state index contributed by atoms with van der Waals surface area (Å²) in [5, 5.41) is 12.8. The Labute approximate surface area is 217 Å². The molecule has 2 aromatic heterocycles. The van der Waals surface area contributed by atoms with Gasteiger partial charge in [-0.25, -0.2) is 8.78 Å². The molecule has 2 aromatic carbocycles. The second-order valence-corrected chi connectivity index (χ2v) is 8.83. The van der Waals surface area contributed by atoms with Crippen molar-refractivity contribution in [1.29, 1.82) is 0 Å². The van der Waals surface area contributed by atoms with Gasteiger partial charge in [0.05, 0.1) is 30.9 Å². The highest BCUT2D eigenvalue weighted by atomic mass is 19.1. The van der Waals surface area contributed by atoms with Crippen LogP contribution >= 0.6 is 0 Å². The quantitative estimate of drug-likeness (QED) is 0.310. The van der Waals surface area contributed by atoms with Crippen molar-refractivity contribution in [2.24, 2.45) is 0 Å². The minimum absolute atomic E-state index is 0.00205. The number of rotatable bonds is 9. The van der Waals surface area contributed by atoms with Gasteiger partial charge in [0.1, 0.15) is 18.1 Å². The van der Waals surface area contributed by atoms with E-state index >= 15 is 0 Å². The Hall–Kier alpha value is -4.51. The van der Waals surface area contributed by atoms with E-state index in [0.29, 0.717) is 22.4 Å². The Balaban J connectivity index is 1.62. The van der Waals surface area contributed by atoms with Crippen LogP contribution in [0.15, 0.2) is 55.0 Å². The van der Waals surface area contributed by atoms with Gasteiger partial charge in [-0.3, -0.25) is 14.8 Å². The smallest absolute Gasteiger partial charge is 0.261 e. The number of benzene rings is 2. The first-order chi connectivity index (χ1) is 18.1. The van der Waals surface area contributed by atoms with Crippen molar-refractivity contribution in [3.8, 4) is 28.7 Å². The molecule has 9 nitrogen and oxygen atoms in total. The fraction of sp³-hybridized carbons (Fsp3) is 0.222. The number of carbonyl (C=O) groups is 1. The average Bonchev–Trinajstić information content (AvgIpc) is 2.88. The fourth-order valence-corrected chi connectivity index (χ4v) is 3.51. The molecule has 0 aliphatic carbocycles. The lowest BCUT2D eigenvalue weighted by Gasteiger charge is -2.19. The first-order valence-corrected chi connectivity index (χ1v) is 11.4. The normalized spacial score (nSPS) is 11.2. The fourth-order valence-electron chi connectivity index (χ4n) is 3.51. The van der Waals surface area contributed by atoms with Gasteiger partial charge in [-0.1, -0.05) is 0 Å². The number of halogens is 2. The Morgan fingerprint density at radius 2 is 1.66 bits per heavy atom. The van der Waals surface area contributed by atoms with E-state index in [9.17, 15) is 18.7 Å². The minimum Gasteiger partial charge on any atom is -0.496 e. The molecule has 0 radical (unpaired) electrons. The maximum atomic E-state index is 15.0. The number of methoxy groups -OCH3 is 2. The maximum absolute atomic E-state index is 15.0. The number of aliphatic hydroxyl groups is 1. The monoisotopic (exact) mass is 525 g/mol. The Morgan fingerprint density at radius 1 is 0.974 bits per heavy atom. The molecule has 0 fully saturated rings. The van der Waals surface area contributed by atoms with Crippen molar-refractivity contribution in [2.45, 2.75) is 19.4 Å². The molecule has 0 spiro atoms. The van der Waals surface area contributed by atoms with Gasteiger partial charge >= 0.3 is 0 Å². The van der Waals surface area contributed by atoms with Crippen LogP contribution in [0.2, 0.25) is 0 Å². The van der Waals surface area contributed by atoms with Crippen molar-refractivity contribution in [2.75, 3.05) is 26.1 Å². The second kappa shape index (κ2) is 10.9. The number of nitrogens with one attached hydrogen (secondary N) is 1. The van der Waals surface area contributed by atoms with Crippen LogP contribution in [0.25, 0.3) is 10.9 Å². The molecule has 0 saturated carbocycles. The zero-order chi connectivity index (χ0) is 27.4. The van der Waals surface area contributed by atoms with Crippen LogP contribution in [0.1, 0.15) is 24.2 Å². The standard InChI is InChI=1S/C27H25F2N3O6/c1-27(2,34)14-37-24-12-20-16(11-23(24)36-4)22(6-8-31-20)38-25-18(28)9-15(10-19(25)29)32-26(33)17-13-30-7-5-21(17)35-3/h5-13,34H,14H2,1-4H3,(H,32,33). The van der Waals surface area contributed by atoms with Gasteiger partial charge in [0.15, 0.2) is 28.9 Å². The molecule has 4 rings (SSSR count). The summed E-state index contributed by atoms with van der Waals surface area (Å²) >= 11 is 0. The van der Waals surface area contributed by atoms with Crippen LogP contribution in [0.5, 0.6) is 28.7 Å². The molecule has 0 atom stereocenters. The van der Waals surface area contributed by atoms with E-state index in [0.717, 1.165) is 12.1 Å². The van der Waals surface area contributed by atoms with E-state index in [1.807, 2.05) is 0 Å². The maximum Gasteiger partial charge on any atom is 0.261 e. The predicted octanol–water partition coefficient (Wildman–Crippen LogP) is 5.12. The molecule has 2 N–H and O–H groups in total. The third-order valence-corrected chi connectivity index (χ3v) is 5.28. The number of nitrogens with zero attached hydrogens (tertiary/aromatic N) is 2. The SMILES string of the molecule is COc1cc2c(Oc3c(F)cc(NC(=O)c4cnccc4OC)cc3F)ccnc2cc1OCC(C)(C)O. The largest absolute Gasteiger partial charge is 0.496 e. The van der Waals surface area contributed by atoms with E-state index in [-0.39, 0.29) is 29.4 Å². The highest BCUT2D eigenvalue weighted by molar-refractivity contribution is 6.06. The lowest BCUT2D eigenvalue weighted by atomic mass is 10.1. The molecule has 0 aliphatic rings. The van der Waals surface area contributed by atoms with E-state index < -0.39 is 28.9 Å². The number of aromatic nitrogens is 2.